The minimum absolute atomic E-state index is 0. The lowest BCUT2D eigenvalue weighted by molar-refractivity contribution is -0.0494. The smallest absolute Gasteiger partial charge is 0.255 e. The van der Waals surface area contributed by atoms with E-state index in [1.165, 1.54) is 17.3 Å². The fraction of sp³-hybridized carbons (Fsp3) is 0.538. The highest BCUT2D eigenvalue weighted by Gasteiger charge is 2.37. The lowest BCUT2D eigenvalue weighted by Crippen LogP contribution is -2.46. The number of hydrogen-bond acceptors (Lipinski definition) is 6. The van der Waals surface area contributed by atoms with Crippen LogP contribution in [0, 0.1) is 5.41 Å². The number of nitrogens with zero attached hydrogens (tertiary/aromatic N) is 4. The van der Waals surface area contributed by atoms with Crippen LogP contribution in [-0.4, -0.2) is 64.4 Å². The molecule has 0 unspecified atom stereocenters. The summed E-state index contributed by atoms with van der Waals surface area (Å²) < 4.78 is 33.2. The molecule has 0 bridgehead atoms. The fourth-order valence-corrected chi connectivity index (χ4v) is 4.20. The van der Waals surface area contributed by atoms with E-state index in [0.29, 0.717) is 35.9 Å². The first-order valence-electron chi connectivity index (χ1n) is 12.1. The minimum atomic E-state index is -2.73. The second-order valence-electron chi connectivity index (χ2n) is 11.3. The molecule has 8 nitrogen and oxygen atoms in total. The molecule has 2 aromatic rings. The van der Waals surface area contributed by atoms with Crippen LogP contribution in [0.5, 0.6) is 5.75 Å². The lowest BCUT2D eigenvalue weighted by Gasteiger charge is -2.40. The molecule has 2 amide bonds. The van der Waals surface area contributed by atoms with E-state index in [9.17, 15) is 18.4 Å². The Balaban J connectivity index is 0.00000380. The Morgan fingerprint density at radius 2 is 1.81 bits per heavy atom. The van der Waals surface area contributed by atoms with Gasteiger partial charge in [0.1, 0.15) is 5.60 Å². The molecule has 1 saturated heterocycles. The first-order valence-corrected chi connectivity index (χ1v) is 12.1. The van der Waals surface area contributed by atoms with Crippen molar-refractivity contribution in [3.63, 3.8) is 0 Å². The Morgan fingerprint density at radius 1 is 1.11 bits per heavy atom. The SMILES string of the molecule is CC(C)(C)CNC(=O)c1cncc(N2CC(C)(C)Oc3cc(C(=O)N4CCC(F)(F)CC4)cnc32)c1.[HH]. The number of amides is 2. The number of fused-ring (bicyclic) bond motifs is 1. The normalized spacial score (nSPS) is 18.8. The number of carbonyl (C=O) groups excluding carboxylic acids is 2. The van der Waals surface area contributed by atoms with Crippen LogP contribution in [0.25, 0.3) is 0 Å². The van der Waals surface area contributed by atoms with Crippen LogP contribution < -0.4 is 15.0 Å². The number of ether oxygens (including phenoxy) is 1. The maximum atomic E-state index is 13.5. The highest BCUT2D eigenvalue weighted by molar-refractivity contribution is 5.96. The summed E-state index contributed by atoms with van der Waals surface area (Å²) in [5.74, 6) is -2.40. The molecule has 0 atom stereocenters. The number of nitrogens with one attached hydrogen (secondary N) is 1. The van der Waals surface area contributed by atoms with Gasteiger partial charge in [0.2, 0.25) is 0 Å². The predicted octanol–water partition coefficient (Wildman–Crippen LogP) is 4.68. The number of hydrogen-bond donors (Lipinski definition) is 1. The Kier molecular flexibility index (Phi) is 6.66. The Hall–Kier alpha value is -3.30. The summed E-state index contributed by atoms with van der Waals surface area (Å²) in [4.78, 5) is 37.8. The van der Waals surface area contributed by atoms with Gasteiger partial charge in [0.25, 0.3) is 17.7 Å². The van der Waals surface area contributed by atoms with E-state index in [2.05, 4.69) is 15.3 Å². The van der Waals surface area contributed by atoms with Crippen LogP contribution in [0.2, 0.25) is 0 Å². The first-order chi connectivity index (χ1) is 16.7. The number of anilines is 2. The number of likely N-dealkylation sites (tertiary alicyclic amines) is 1. The zero-order valence-electron chi connectivity index (χ0n) is 21.4. The number of carbonyl (C=O) groups is 2. The van der Waals surface area contributed by atoms with Crippen molar-refractivity contribution in [2.45, 2.75) is 59.0 Å². The molecule has 36 heavy (non-hydrogen) atoms. The van der Waals surface area contributed by atoms with Crippen molar-refractivity contribution in [1.82, 2.24) is 20.2 Å². The van der Waals surface area contributed by atoms with E-state index in [4.69, 9.17) is 4.74 Å². The predicted molar refractivity (Wildman–Crippen MR) is 134 cm³/mol. The Labute approximate surface area is 211 Å². The van der Waals surface area contributed by atoms with Gasteiger partial charge >= 0.3 is 0 Å². The van der Waals surface area contributed by atoms with Crippen molar-refractivity contribution in [3.8, 4) is 5.75 Å². The van der Waals surface area contributed by atoms with Gasteiger partial charge in [-0.1, -0.05) is 20.8 Å². The lowest BCUT2D eigenvalue weighted by atomic mass is 9.97. The van der Waals surface area contributed by atoms with Gasteiger partial charge < -0.3 is 19.9 Å². The monoisotopic (exact) mass is 503 g/mol. The van der Waals surface area contributed by atoms with Crippen LogP contribution in [0.3, 0.4) is 0 Å². The maximum absolute atomic E-state index is 13.5. The molecule has 0 spiro atoms. The van der Waals surface area contributed by atoms with Gasteiger partial charge in [-0.2, -0.15) is 0 Å². The molecule has 196 valence electrons. The number of piperidine rings is 1. The van der Waals surface area contributed by atoms with Gasteiger partial charge in [0.05, 0.1) is 29.6 Å². The average Bonchev–Trinajstić information content (AvgIpc) is 2.80. The summed E-state index contributed by atoms with van der Waals surface area (Å²) in [5.41, 5.74) is 0.693. The number of aromatic nitrogens is 2. The quantitative estimate of drug-likeness (QED) is 0.652. The van der Waals surface area contributed by atoms with Crippen LogP contribution in [0.1, 0.15) is 69.6 Å². The largest absolute Gasteiger partial charge is 0.482 e. The van der Waals surface area contributed by atoms with Crippen molar-refractivity contribution in [3.05, 3.63) is 41.9 Å². The van der Waals surface area contributed by atoms with Crippen molar-refractivity contribution in [1.29, 1.82) is 0 Å². The molecule has 2 aromatic heterocycles. The standard InChI is InChI=1S/C26H33F2N5O3.H2/c1-24(2,3)15-31-22(34)17-10-19(14-29-12-17)33-16-25(4,5)36-20-11-18(13-30-21(20)33)23(35)32-8-6-26(27,28)7-9-32;/h10-14H,6-9,15-16H2,1-5H3,(H,31,34);1H. The highest BCUT2D eigenvalue weighted by atomic mass is 19.3. The molecule has 0 saturated carbocycles. The third-order valence-electron chi connectivity index (χ3n) is 6.12. The van der Waals surface area contributed by atoms with Crippen LogP contribution in [0.15, 0.2) is 30.7 Å². The highest BCUT2D eigenvalue weighted by Crippen LogP contribution is 2.40. The van der Waals surface area contributed by atoms with Gasteiger partial charge in [-0.25, -0.2) is 13.8 Å². The topological polar surface area (TPSA) is 87.7 Å². The molecule has 4 heterocycles. The van der Waals surface area contributed by atoms with E-state index >= 15 is 0 Å². The van der Waals surface area contributed by atoms with Crippen LogP contribution in [0.4, 0.5) is 20.3 Å². The number of rotatable bonds is 4. The Bertz CT molecular complexity index is 1160. The van der Waals surface area contributed by atoms with E-state index in [1.807, 2.05) is 39.5 Å². The van der Waals surface area contributed by atoms with Gasteiger partial charge in [-0.05, 0) is 31.4 Å². The molecule has 0 aliphatic carbocycles. The second-order valence-corrected chi connectivity index (χ2v) is 11.3. The zero-order valence-corrected chi connectivity index (χ0v) is 21.4. The number of pyridine rings is 2. The van der Waals surface area contributed by atoms with Gasteiger partial charge in [0.15, 0.2) is 11.6 Å². The molecular formula is C26H35F2N5O3. The second kappa shape index (κ2) is 9.29. The number of halogens is 2. The molecule has 0 aromatic carbocycles. The van der Waals surface area contributed by atoms with E-state index in [0.717, 1.165) is 0 Å². The van der Waals surface area contributed by atoms with E-state index in [1.54, 1.807) is 18.3 Å². The van der Waals surface area contributed by atoms with Gasteiger partial charge in [-0.3, -0.25) is 14.6 Å². The number of alkyl halides is 2. The van der Waals surface area contributed by atoms with Crippen molar-refractivity contribution in [2.24, 2.45) is 5.41 Å². The zero-order chi connectivity index (χ0) is 26.3. The molecule has 4 rings (SSSR count). The molecule has 1 N–H and O–H groups in total. The fourth-order valence-electron chi connectivity index (χ4n) is 4.20. The van der Waals surface area contributed by atoms with Crippen LogP contribution in [-0.2, 0) is 0 Å². The summed E-state index contributed by atoms with van der Waals surface area (Å²) in [6.07, 6.45) is 3.92. The third kappa shape index (κ3) is 5.91. The van der Waals surface area contributed by atoms with E-state index in [-0.39, 0.29) is 50.2 Å². The van der Waals surface area contributed by atoms with Crippen molar-refractivity contribution >= 4 is 23.3 Å². The third-order valence-corrected chi connectivity index (χ3v) is 6.12. The molecule has 0 radical (unpaired) electrons. The summed E-state index contributed by atoms with van der Waals surface area (Å²) in [5, 5.41) is 2.93. The van der Waals surface area contributed by atoms with Crippen molar-refractivity contribution < 1.29 is 24.5 Å². The average molecular weight is 504 g/mol. The molecule has 10 heteroatoms. The summed E-state index contributed by atoms with van der Waals surface area (Å²) in [7, 11) is 0. The van der Waals surface area contributed by atoms with Crippen LogP contribution >= 0.6 is 0 Å². The van der Waals surface area contributed by atoms with Crippen molar-refractivity contribution in [2.75, 3.05) is 31.1 Å². The molecule has 2 aliphatic heterocycles. The van der Waals surface area contributed by atoms with E-state index < -0.39 is 11.5 Å². The molecular weight excluding hydrogens is 468 g/mol. The van der Waals surface area contributed by atoms with Gasteiger partial charge in [0, 0.05) is 46.3 Å². The summed E-state index contributed by atoms with van der Waals surface area (Å²) in [6.45, 7) is 10.9. The van der Waals surface area contributed by atoms with Gasteiger partial charge in [-0.15, -0.1) is 0 Å². The minimum Gasteiger partial charge on any atom is -0.482 e. The summed E-state index contributed by atoms with van der Waals surface area (Å²) in [6, 6.07) is 3.36. The Morgan fingerprint density at radius 3 is 2.47 bits per heavy atom. The molecule has 1 fully saturated rings. The first kappa shape index (κ1) is 25.8. The maximum Gasteiger partial charge on any atom is 0.255 e. The summed E-state index contributed by atoms with van der Waals surface area (Å²) >= 11 is 0. The molecule has 2 aliphatic rings.